The van der Waals surface area contributed by atoms with Gasteiger partial charge in [-0.15, -0.1) is 0 Å². The lowest BCUT2D eigenvalue weighted by Crippen LogP contribution is -2.32. The molecule has 0 radical (unpaired) electrons. The molecule has 0 aliphatic carbocycles. The lowest BCUT2D eigenvalue weighted by molar-refractivity contribution is -0.198. The lowest BCUT2D eigenvalue weighted by atomic mass is 10.2. The molecule has 0 aromatic rings. The first kappa shape index (κ1) is 9.22. The van der Waals surface area contributed by atoms with E-state index in [9.17, 15) is 4.79 Å². The van der Waals surface area contributed by atoms with Gasteiger partial charge in [-0.1, -0.05) is 6.58 Å². The molecule has 1 N–H and O–H groups in total. The van der Waals surface area contributed by atoms with Gasteiger partial charge in [0.25, 0.3) is 5.91 Å². The van der Waals surface area contributed by atoms with E-state index in [1.807, 2.05) is 0 Å². The zero-order chi connectivity index (χ0) is 8.81. The molecule has 68 valence electrons. The summed E-state index contributed by atoms with van der Waals surface area (Å²) in [7, 11) is 0. The maximum Gasteiger partial charge on any atom is 0.267 e. The molecule has 1 heterocycles. The number of carbonyl (C=O) groups excluding carboxylic acids is 1. The zero-order valence-electron chi connectivity index (χ0n) is 6.91. The lowest BCUT2D eigenvalue weighted by Gasteiger charge is -2.21. The topological polar surface area (TPSA) is 47.6 Å². The smallest absolute Gasteiger partial charge is 0.267 e. The maximum absolute atomic E-state index is 10.6. The Kier molecular flexibility index (Phi) is 3.76. The molecule has 1 rings (SSSR count). The summed E-state index contributed by atoms with van der Waals surface area (Å²) >= 11 is 0. The predicted molar refractivity (Wildman–Crippen MR) is 43.0 cm³/mol. The van der Waals surface area contributed by atoms with Gasteiger partial charge >= 0.3 is 0 Å². The number of hydrogen-bond acceptors (Lipinski definition) is 3. The van der Waals surface area contributed by atoms with E-state index < -0.39 is 0 Å². The Morgan fingerprint density at radius 2 is 2.50 bits per heavy atom. The molecule has 1 saturated heterocycles. The molecule has 0 spiro atoms. The van der Waals surface area contributed by atoms with Crippen LogP contribution in [0.25, 0.3) is 0 Å². The molecule has 4 nitrogen and oxygen atoms in total. The summed E-state index contributed by atoms with van der Waals surface area (Å²) in [5.41, 5.74) is 2.22. The van der Waals surface area contributed by atoms with Gasteiger partial charge in [0.1, 0.15) is 0 Å². The van der Waals surface area contributed by atoms with Crippen LogP contribution in [0.3, 0.4) is 0 Å². The van der Waals surface area contributed by atoms with E-state index in [1.165, 1.54) is 0 Å². The minimum absolute atomic E-state index is 0.289. The number of amides is 1. The van der Waals surface area contributed by atoms with E-state index in [0.717, 1.165) is 25.3 Å². The average molecular weight is 171 g/mol. The molecule has 12 heavy (non-hydrogen) atoms. The van der Waals surface area contributed by atoms with E-state index in [-0.39, 0.29) is 12.2 Å². The minimum Gasteiger partial charge on any atom is -0.350 e. The van der Waals surface area contributed by atoms with Crippen molar-refractivity contribution < 1.29 is 14.4 Å². The molecule has 1 aliphatic rings. The molecule has 1 atom stereocenters. The standard InChI is InChI=1S/C8H13NO3/c1-2-7(10)9-12-8-5-3-4-6-11-8/h2,8H,1,3-6H2,(H,9,10). The van der Waals surface area contributed by atoms with Crippen molar-refractivity contribution in [1.29, 1.82) is 0 Å². The fourth-order valence-corrected chi connectivity index (χ4v) is 0.970. The van der Waals surface area contributed by atoms with Crippen LogP contribution in [-0.4, -0.2) is 18.8 Å². The second kappa shape index (κ2) is 4.90. The van der Waals surface area contributed by atoms with Crippen LogP contribution in [0, 0.1) is 0 Å². The Labute approximate surface area is 71.5 Å². The van der Waals surface area contributed by atoms with Gasteiger partial charge < -0.3 is 4.74 Å². The van der Waals surface area contributed by atoms with Crippen LogP contribution in [0.2, 0.25) is 0 Å². The highest BCUT2D eigenvalue weighted by Gasteiger charge is 2.14. The summed E-state index contributed by atoms with van der Waals surface area (Å²) < 4.78 is 5.20. The normalized spacial score (nSPS) is 23.2. The molecule has 1 aliphatic heterocycles. The monoisotopic (exact) mass is 171 g/mol. The highest BCUT2D eigenvalue weighted by atomic mass is 16.8. The van der Waals surface area contributed by atoms with Gasteiger partial charge in [0.05, 0.1) is 0 Å². The number of hydroxylamine groups is 1. The van der Waals surface area contributed by atoms with Crippen molar-refractivity contribution in [2.24, 2.45) is 0 Å². The minimum atomic E-state index is -0.343. The van der Waals surface area contributed by atoms with Crippen molar-refractivity contribution in [3.05, 3.63) is 12.7 Å². The van der Waals surface area contributed by atoms with E-state index >= 15 is 0 Å². The Hall–Kier alpha value is -0.870. The molecular formula is C8H13NO3. The zero-order valence-corrected chi connectivity index (χ0v) is 6.91. The molecule has 0 bridgehead atoms. The molecule has 1 amide bonds. The van der Waals surface area contributed by atoms with Crippen molar-refractivity contribution in [3.63, 3.8) is 0 Å². The first-order valence-electron chi connectivity index (χ1n) is 4.02. The highest BCUT2D eigenvalue weighted by molar-refractivity contribution is 5.85. The van der Waals surface area contributed by atoms with E-state index in [4.69, 9.17) is 9.57 Å². The van der Waals surface area contributed by atoms with Crippen LogP contribution in [0.4, 0.5) is 0 Å². The quantitative estimate of drug-likeness (QED) is 0.503. The summed E-state index contributed by atoms with van der Waals surface area (Å²) in [5.74, 6) is -0.343. The first-order valence-corrected chi connectivity index (χ1v) is 4.02. The Morgan fingerprint density at radius 3 is 3.08 bits per heavy atom. The first-order chi connectivity index (χ1) is 5.83. The van der Waals surface area contributed by atoms with Crippen molar-refractivity contribution in [1.82, 2.24) is 5.48 Å². The largest absolute Gasteiger partial charge is 0.350 e. The highest BCUT2D eigenvalue weighted by Crippen LogP contribution is 2.12. The van der Waals surface area contributed by atoms with Crippen LogP contribution < -0.4 is 5.48 Å². The third-order valence-corrected chi connectivity index (χ3v) is 1.61. The number of carbonyl (C=O) groups is 1. The van der Waals surface area contributed by atoms with Crippen LogP contribution in [0.5, 0.6) is 0 Å². The van der Waals surface area contributed by atoms with Crippen LogP contribution in [0.15, 0.2) is 12.7 Å². The molecule has 0 aromatic heterocycles. The van der Waals surface area contributed by atoms with Crippen LogP contribution in [-0.2, 0) is 14.4 Å². The fraction of sp³-hybridized carbons (Fsp3) is 0.625. The summed E-state index contributed by atoms with van der Waals surface area (Å²) in [5, 5.41) is 0. The van der Waals surface area contributed by atoms with Crippen molar-refractivity contribution >= 4 is 5.91 Å². The number of hydrogen-bond donors (Lipinski definition) is 1. The van der Waals surface area contributed by atoms with Gasteiger partial charge in [0.15, 0.2) is 6.29 Å². The van der Waals surface area contributed by atoms with Gasteiger partial charge in [-0.2, -0.15) is 0 Å². The van der Waals surface area contributed by atoms with Gasteiger partial charge in [0.2, 0.25) is 0 Å². The summed E-state index contributed by atoms with van der Waals surface area (Å²) in [6.45, 7) is 3.99. The summed E-state index contributed by atoms with van der Waals surface area (Å²) in [4.78, 5) is 15.6. The van der Waals surface area contributed by atoms with Gasteiger partial charge in [0, 0.05) is 13.0 Å². The Morgan fingerprint density at radius 1 is 1.67 bits per heavy atom. The fourth-order valence-electron chi connectivity index (χ4n) is 0.970. The summed E-state index contributed by atoms with van der Waals surface area (Å²) in [6.07, 6.45) is 3.84. The molecule has 1 unspecified atom stereocenters. The predicted octanol–water partition coefficient (Wildman–Crippen LogP) is 0.747. The number of ether oxygens (including phenoxy) is 1. The molecule has 0 aromatic carbocycles. The second-order valence-electron chi connectivity index (χ2n) is 2.58. The number of nitrogens with one attached hydrogen (secondary N) is 1. The Balaban J connectivity index is 2.12. The van der Waals surface area contributed by atoms with Gasteiger partial charge in [-0.25, -0.2) is 10.3 Å². The van der Waals surface area contributed by atoms with Crippen LogP contribution in [0.1, 0.15) is 19.3 Å². The van der Waals surface area contributed by atoms with Crippen LogP contribution >= 0.6 is 0 Å². The van der Waals surface area contributed by atoms with E-state index in [0.29, 0.717) is 6.61 Å². The Bertz CT molecular complexity index is 164. The van der Waals surface area contributed by atoms with Gasteiger partial charge in [-0.3, -0.25) is 4.79 Å². The van der Waals surface area contributed by atoms with Gasteiger partial charge in [-0.05, 0) is 18.9 Å². The van der Waals surface area contributed by atoms with Crippen molar-refractivity contribution in [2.75, 3.05) is 6.61 Å². The third kappa shape index (κ3) is 3.02. The van der Waals surface area contributed by atoms with Crippen molar-refractivity contribution in [2.45, 2.75) is 25.6 Å². The van der Waals surface area contributed by atoms with E-state index in [2.05, 4.69) is 12.1 Å². The molecule has 0 saturated carbocycles. The molecule has 1 fully saturated rings. The molecular weight excluding hydrogens is 158 g/mol. The number of rotatable bonds is 3. The third-order valence-electron chi connectivity index (χ3n) is 1.61. The SMILES string of the molecule is C=CC(=O)NOC1CCCCO1. The second-order valence-corrected chi connectivity index (χ2v) is 2.58. The van der Waals surface area contributed by atoms with E-state index in [1.54, 1.807) is 0 Å². The molecule has 4 heteroatoms. The maximum atomic E-state index is 10.6. The summed E-state index contributed by atoms with van der Waals surface area (Å²) in [6, 6.07) is 0. The average Bonchev–Trinajstić information content (AvgIpc) is 2.16. The van der Waals surface area contributed by atoms with Crippen molar-refractivity contribution in [3.8, 4) is 0 Å².